The highest BCUT2D eigenvalue weighted by Crippen LogP contribution is 2.24. The Morgan fingerprint density at radius 3 is 1.81 bits per heavy atom. The van der Waals surface area contributed by atoms with Crippen LogP contribution in [0.5, 0.6) is 0 Å². The first kappa shape index (κ1) is 19.7. The summed E-state index contributed by atoms with van der Waals surface area (Å²) in [5.74, 6) is 0. The topological polar surface area (TPSA) is 77.3 Å². The molecule has 6 nitrogen and oxygen atoms in total. The normalized spacial score (nSPS) is 13.0. The Bertz CT molecular complexity index is 320. The minimum absolute atomic E-state index is 0.0173. The maximum Gasteiger partial charge on any atom is 0.234 e. The van der Waals surface area contributed by atoms with Crippen LogP contribution in [0.2, 0.25) is 0 Å². The molecule has 0 saturated carbocycles. The molecule has 0 aliphatic carbocycles. The molecule has 0 saturated heterocycles. The zero-order valence-electron chi connectivity index (χ0n) is 13.1. The quantitative estimate of drug-likeness (QED) is 0.280. The Kier molecular flexibility index (Phi) is 12.8. The van der Waals surface area contributed by atoms with Crippen LogP contribution in [0.25, 0.3) is 0 Å². The van der Waals surface area contributed by atoms with Crippen molar-refractivity contribution in [3.63, 3.8) is 0 Å². The van der Waals surface area contributed by atoms with Crippen LogP contribution >= 0.6 is 0 Å². The van der Waals surface area contributed by atoms with Crippen molar-refractivity contribution in [2.45, 2.75) is 39.5 Å². The Morgan fingerprint density at radius 1 is 0.952 bits per heavy atom. The summed E-state index contributed by atoms with van der Waals surface area (Å²) < 4.78 is 11.3. The molecule has 0 amide bonds. The first-order valence-electron chi connectivity index (χ1n) is 7.41. The average molecular weight is 298 g/mol. The Morgan fingerprint density at radius 2 is 1.43 bits per heavy atom. The number of ether oxygens (including phenoxy) is 2. The molecule has 0 atom stereocenters. The summed E-state index contributed by atoms with van der Waals surface area (Å²) in [5.41, 5.74) is -0.0173. The molecular weight excluding hydrogens is 272 g/mol. The van der Waals surface area contributed by atoms with Gasteiger partial charge in [-0.2, -0.15) is 0 Å². The lowest BCUT2D eigenvalue weighted by atomic mass is 9.87. The molecule has 0 N–H and O–H groups in total. The molecule has 0 aliphatic heterocycles. The first-order valence-corrected chi connectivity index (χ1v) is 7.41. The van der Waals surface area contributed by atoms with E-state index in [0.29, 0.717) is 39.5 Å². The van der Waals surface area contributed by atoms with Crippen molar-refractivity contribution in [1.82, 2.24) is 0 Å². The Labute approximate surface area is 126 Å². The second-order valence-electron chi connectivity index (χ2n) is 5.32. The summed E-state index contributed by atoms with van der Waals surface area (Å²) in [6.07, 6.45) is 6.56. The summed E-state index contributed by atoms with van der Waals surface area (Å²) in [6.45, 7) is 7.61. The number of nitrogens with zero attached hydrogens (tertiary/aromatic N) is 2. The maximum absolute atomic E-state index is 9.92. The van der Waals surface area contributed by atoms with Gasteiger partial charge in [0.05, 0.1) is 26.3 Å². The van der Waals surface area contributed by atoms with Gasteiger partial charge in [-0.05, 0) is 19.3 Å². The van der Waals surface area contributed by atoms with Gasteiger partial charge in [0.15, 0.2) is 0 Å². The molecule has 0 aromatic carbocycles. The summed E-state index contributed by atoms with van der Waals surface area (Å²) in [6, 6.07) is 0. The number of rotatable bonds is 14. The summed E-state index contributed by atoms with van der Waals surface area (Å²) in [7, 11) is 0. The van der Waals surface area contributed by atoms with E-state index in [9.17, 15) is 9.59 Å². The predicted octanol–water partition coefficient (Wildman–Crippen LogP) is 2.28. The minimum atomic E-state index is -0.0173. The van der Waals surface area contributed by atoms with E-state index in [-0.39, 0.29) is 5.41 Å². The van der Waals surface area contributed by atoms with E-state index in [2.05, 4.69) is 23.8 Å². The number of isocyanates is 2. The standard InChI is InChI=1S/C15H26N2O4/c1-3-6-15(2,11-20-9-4-7-16-13-18)12-21-10-5-8-17-14-19/h3-12H2,1-2H3. The molecule has 0 rings (SSSR count). The van der Waals surface area contributed by atoms with Crippen molar-refractivity contribution in [1.29, 1.82) is 0 Å². The highest BCUT2D eigenvalue weighted by Gasteiger charge is 2.24. The predicted molar refractivity (Wildman–Crippen MR) is 79.9 cm³/mol. The van der Waals surface area contributed by atoms with E-state index in [1.54, 1.807) is 0 Å². The van der Waals surface area contributed by atoms with E-state index in [1.807, 2.05) is 0 Å². The van der Waals surface area contributed by atoms with E-state index >= 15 is 0 Å². The van der Waals surface area contributed by atoms with Crippen molar-refractivity contribution in [2.24, 2.45) is 15.4 Å². The van der Waals surface area contributed by atoms with E-state index < -0.39 is 0 Å². The number of aliphatic imine (C=N–C) groups is 2. The third kappa shape index (κ3) is 12.2. The lowest BCUT2D eigenvalue weighted by Gasteiger charge is -2.28. The van der Waals surface area contributed by atoms with Crippen LogP contribution in [-0.4, -0.2) is 51.7 Å². The van der Waals surface area contributed by atoms with Crippen LogP contribution in [0.4, 0.5) is 0 Å². The maximum atomic E-state index is 9.92. The van der Waals surface area contributed by atoms with Crippen molar-refractivity contribution in [3.05, 3.63) is 0 Å². The average Bonchev–Trinajstić information content (AvgIpc) is 2.47. The van der Waals surface area contributed by atoms with Crippen molar-refractivity contribution in [3.8, 4) is 0 Å². The molecule has 0 spiro atoms. The van der Waals surface area contributed by atoms with Gasteiger partial charge in [0.2, 0.25) is 12.2 Å². The molecule has 0 heterocycles. The summed E-state index contributed by atoms with van der Waals surface area (Å²) in [5, 5.41) is 0. The fourth-order valence-electron chi connectivity index (χ4n) is 2.01. The number of hydrogen-bond donors (Lipinski definition) is 0. The largest absolute Gasteiger partial charge is 0.381 e. The monoisotopic (exact) mass is 298 g/mol. The first-order chi connectivity index (χ1) is 10.2. The molecule has 0 unspecified atom stereocenters. The van der Waals surface area contributed by atoms with Crippen molar-refractivity contribution >= 4 is 12.2 Å². The molecule has 21 heavy (non-hydrogen) atoms. The Balaban J connectivity index is 3.87. The lowest BCUT2D eigenvalue weighted by molar-refractivity contribution is -0.0180. The second-order valence-corrected chi connectivity index (χ2v) is 5.32. The van der Waals surface area contributed by atoms with E-state index in [1.165, 1.54) is 12.2 Å². The number of carbonyl (C=O) groups excluding carboxylic acids is 2. The molecule has 0 aromatic rings. The summed E-state index contributed by atoms with van der Waals surface area (Å²) >= 11 is 0. The second kappa shape index (κ2) is 13.7. The molecule has 0 bridgehead atoms. The van der Waals surface area contributed by atoms with Crippen LogP contribution < -0.4 is 0 Å². The lowest BCUT2D eigenvalue weighted by Crippen LogP contribution is -2.29. The third-order valence-electron chi connectivity index (χ3n) is 3.00. The van der Waals surface area contributed by atoms with Gasteiger partial charge in [0.25, 0.3) is 0 Å². The van der Waals surface area contributed by atoms with E-state index in [4.69, 9.17) is 9.47 Å². The van der Waals surface area contributed by atoms with Gasteiger partial charge in [-0.3, -0.25) is 0 Å². The third-order valence-corrected chi connectivity index (χ3v) is 3.00. The molecular formula is C15H26N2O4. The fraction of sp³-hybridized carbons (Fsp3) is 0.867. The number of hydrogen-bond acceptors (Lipinski definition) is 6. The SMILES string of the molecule is CCCC(C)(COCCCN=C=O)COCCCN=C=O. The molecule has 0 aliphatic rings. The van der Waals surface area contributed by atoms with Gasteiger partial charge < -0.3 is 9.47 Å². The van der Waals surface area contributed by atoms with Gasteiger partial charge in [-0.25, -0.2) is 19.6 Å². The Hall–Kier alpha value is -1.32. The molecule has 0 aromatic heterocycles. The minimum Gasteiger partial charge on any atom is -0.381 e. The van der Waals surface area contributed by atoms with Gasteiger partial charge in [0, 0.05) is 18.6 Å². The smallest absolute Gasteiger partial charge is 0.234 e. The van der Waals surface area contributed by atoms with Crippen LogP contribution in [-0.2, 0) is 19.1 Å². The zero-order valence-corrected chi connectivity index (χ0v) is 13.1. The fourth-order valence-corrected chi connectivity index (χ4v) is 2.01. The molecule has 0 fully saturated rings. The van der Waals surface area contributed by atoms with Gasteiger partial charge in [0.1, 0.15) is 0 Å². The van der Waals surface area contributed by atoms with Crippen LogP contribution in [0.1, 0.15) is 39.5 Å². The summed E-state index contributed by atoms with van der Waals surface area (Å²) in [4.78, 5) is 26.8. The van der Waals surface area contributed by atoms with Crippen LogP contribution in [0, 0.1) is 5.41 Å². The molecule has 120 valence electrons. The van der Waals surface area contributed by atoms with Crippen LogP contribution in [0.3, 0.4) is 0 Å². The van der Waals surface area contributed by atoms with Crippen molar-refractivity contribution in [2.75, 3.05) is 39.5 Å². The van der Waals surface area contributed by atoms with Gasteiger partial charge in [-0.15, -0.1) is 0 Å². The highest BCUT2D eigenvalue weighted by atomic mass is 16.5. The van der Waals surface area contributed by atoms with Gasteiger partial charge in [-0.1, -0.05) is 20.3 Å². The molecule has 6 heteroatoms. The van der Waals surface area contributed by atoms with Crippen LogP contribution in [0.15, 0.2) is 9.98 Å². The van der Waals surface area contributed by atoms with Gasteiger partial charge >= 0.3 is 0 Å². The molecule has 0 radical (unpaired) electrons. The van der Waals surface area contributed by atoms with E-state index in [0.717, 1.165) is 25.7 Å². The highest BCUT2D eigenvalue weighted by molar-refractivity contribution is 5.32. The zero-order chi connectivity index (χ0) is 15.8. The van der Waals surface area contributed by atoms with Crippen molar-refractivity contribution < 1.29 is 19.1 Å².